The maximum atomic E-state index is 11.7. The number of carbonyl (C=O) groups excluding carboxylic acids is 1. The Morgan fingerprint density at radius 3 is 2.27 bits per heavy atom. The van der Waals surface area contributed by atoms with Crippen LogP contribution in [0.3, 0.4) is 0 Å². The molecule has 2 N–H and O–H groups in total. The average molecular weight is 311 g/mol. The number of aliphatic imine (C=N–C) groups is 1. The van der Waals surface area contributed by atoms with E-state index in [0.717, 1.165) is 25.6 Å². The topological polar surface area (TPSA) is 60.0 Å². The van der Waals surface area contributed by atoms with Gasteiger partial charge in [0, 0.05) is 39.1 Å². The molecule has 0 unspecified atom stereocenters. The second-order valence-electron chi connectivity index (χ2n) is 6.78. The monoisotopic (exact) mass is 311 g/mol. The number of amides is 1. The minimum Gasteiger partial charge on any atom is -0.357 e. The summed E-state index contributed by atoms with van der Waals surface area (Å²) < 4.78 is 0. The van der Waals surface area contributed by atoms with E-state index in [-0.39, 0.29) is 12.5 Å². The molecule has 0 aromatic rings. The molecule has 0 bridgehead atoms. The van der Waals surface area contributed by atoms with E-state index in [2.05, 4.69) is 34.6 Å². The molecule has 1 saturated carbocycles. The standard InChI is InChI=1S/C16H33N5O/c1-6-17-15(18-11-14(22)21(4)5)19-12-16(13-20(2)3)9-7-8-10-16/h6-13H2,1-5H3,(H2,17,18,19). The van der Waals surface area contributed by atoms with E-state index in [4.69, 9.17) is 0 Å². The summed E-state index contributed by atoms with van der Waals surface area (Å²) in [6, 6.07) is 0. The number of likely N-dealkylation sites (N-methyl/N-ethyl adjacent to an activating group) is 1. The number of carbonyl (C=O) groups is 1. The van der Waals surface area contributed by atoms with E-state index in [1.807, 2.05) is 6.92 Å². The molecule has 0 aliphatic heterocycles. The van der Waals surface area contributed by atoms with Crippen LogP contribution in [0.4, 0.5) is 0 Å². The van der Waals surface area contributed by atoms with Gasteiger partial charge in [0.05, 0.1) is 0 Å². The predicted molar refractivity (Wildman–Crippen MR) is 92.1 cm³/mol. The maximum Gasteiger partial charge on any atom is 0.243 e. The van der Waals surface area contributed by atoms with Gasteiger partial charge in [0.2, 0.25) is 5.91 Å². The maximum absolute atomic E-state index is 11.7. The van der Waals surface area contributed by atoms with Crippen LogP contribution in [0, 0.1) is 5.41 Å². The molecule has 0 aromatic carbocycles. The zero-order valence-corrected chi connectivity index (χ0v) is 14.9. The van der Waals surface area contributed by atoms with Crippen LogP contribution >= 0.6 is 0 Å². The van der Waals surface area contributed by atoms with Crippen molar-refractivity contribution in [2.24, 2.45) is 10.4 Å². The van der Waals surface area contributed by atoms with Gasteiger partial charge in [-0.25, -0.2) is 4.99 Å². The number of rotatable bonds is 7. The van der Waals surface area contributed by atoms with E-state index in [1.54, 1.807) is 19.0 Å². The van der Waals surface area contributed by atoms with Crippen LogP contribution in [0.5, 0.6) is 0 Å². The van der Waals surface area contributed by atoms with Crippen LogP contribution in [-0.4, -0.2) is 76.0 Å². The molecule has 0 spiro atoms. The molecule has 0 atom stereocenters. The lowest BCUT2D eigenvalue weighted by molar-refractivity contribution is -0.127. The smallest absolute Gasteiger partial charge is 0.243 e. The zero-order valence-electron chi connectivity index (χ0n) is 14.9. The molecule has 1 amide bonds. The highest BCUT2D eigenvalue weighted by Crippen LogP contribution is 2.37. The van der Waals surface area contributed by atoms with Crippen molar-refractivity contribution in [1.82, 2.24) is 20.4 Å². The van der Waals surface area contributed by atoms with Gasteiger partial charge in [-0.15, -0.1) is 0 Å². The Morgan fingerprint density at radius 1 is 1.14 bits per heavy atom. The van der Waals surface area contributed by atoms with Crippen LogP contribution in [0.1, 0.15) is 32.6 Å². The van der Waals surface area contributed by atoms with Gasteiger partial charge in [-0.1, -0.05) is 12.8 Å². The molecule has 0 saturated heterocycles. The Morgan fingerprint density at radius 2 is 1.77 bits per heavy atom. The Balaban J connectivity index is 2.61. The summed E-state index contributed by atoms with van der Waals surface area (Å²) in [5.41, 5.74) is 0.325. The molecule has 1 rings (SSSR count). The van der Waals surface area contributed by atoms with Crippen molar-refractivity contribution in [2.75, 3.05) is 54.4 Å². The third-order valence-corrected chi connectivity index (χ3v) is 4.16. The first-order valence-corrected chi connectivity index (χ1v) is 8.25. The van der Waals surface area contributed by atoms with Crippen LogP contribution < -0.4 is 10.6 Å². The number of guanidine groups is 1. The van der Waals surface area contributed by atoms with Gasteiger partial charge in [-0.2, -0.15) is 0 Å². The summed E-state index contributed by atoms with van der Waals surface area (Å²) in [6.07, 6.45) is 5.13. The highest BCUT2D eigenvalue weighted by molar-refractivity contribution is 5.84. The lowest BCUT2D eigenvalue weighted by Crippen LogP contribution is -2.46. The molecule has 6 nitrogen and oxygen atoms in total. The number of nitrogens with one attached hydrogen (secondary N) is 2. The molecule has 6 heteroatoms. The van der Waals surface area contributed by atoms with Crippen LogP contribution in [0.15, 0.2) is 4.99 Å². The van der Waals surface area contributed by atoms with E-state index in [9.17, 15) is 4.79 Å². The Labute approximate surface area is 135 Å². The molecule has 128 valence electrons. The van der Waals surface area contributed by atoms with E-state index in [1.165, 1.54) is 25.7 Å². The Kier molecular flexibility index (Phi) is 7.65. The van der Waals surface area contributed by atoms with Gasteiger partial charge in [-0.3, -0.25) is 4.79 Å². The van der Waals surface area contributed by atoms with Gasteiger partial charge in [0.25, 0.3) is 0 Å². The van der Waals surface area contributed by atoms with E-state index in [0.29, 0.717) is 5.41 Å². The molecule has 0 radical (unpaired) electrons. The summed E-state index contributed by atoms with van der Waals surface area (Å²) in [5.74, 6) is 0.754. The van der Waals surface area contributed by atoms with Gasteiger partial charge in [0.15, 0.2) is 5.96 Å². The largest absolute Gasteiger partial charge is 0.357 e. The lowest BCUT2D eigenvalue weighted by Gasteiger charge is -2.33. The van der Waals surface area contributed by atoms with E-state index >= 15 is 0 Å². The van der Waals surface area contributed by atoms with Crippen molar-refractivity contribution in [3.05, 3.63) is 0 Å². The molecule has 1 aliphatic rings. The Hall–Kier alpha value is -1.30. The molecule has 0 aromatic heterocycles. The highest BCUT2D eigenvalue weighted by Gasteiger charge is 2.34. The van der Waals surface area contributed by atoms with Crippen LogP contribution in [0.2, 0.25) is 0 Å². The highest BCUT2D eigenvalue weighted by atomic mass is 16.2. The molecule has 22 heavy (non-hydrogen) atoms. The number of hydrogen-bond acceptors (Lipinski definition) is 3. The van der Waals surface area contributed by atoms with Crippen molar-refractivity contribution >= 4 is 11.9 Å². The quantitative estimate of drug-likeness (QED) is 0.538. The molecule has 1 fully saturated rings. The number of hydrogen-bond donors (Lipinski definition) is 2. The van der Waals surface area contributed by atoms with Crippen molar-refractivity contribution in [3.8, 4) is 0 Å². The van der Waals surface area contributed by atoms with E-state index < -0.39 is 0 Å². The first kappa shape index (κ1) is 18.7. The second-order valence-corrected chi connectivity index (χ2v) is 6.78. The summed E-state index contributed by atoms with van der Waals surface area (Å²) in [4.78, 5) is 19.9. The predicted octanol–water partition coefficient (Wildman–Crippen LogP) is 0.752. The average Bonchev–Trinajstić information content (AvgIpc) is 2.89. The first-order valence-electron chi connectivity index (χ1n) is 8.25. The summed E-state index contributed by atoms with van der Waals surface area (Å²) in [6.45, 7) is 5.02. The fourth-order valence-electron chi connectivity index (χ4n) is 3.09. The minimum atomic E-state index is 0.0149. The molecular formula is C16H33N5O. The third-order valence-electron chi connectivity index (χ3n) is 4.16. The third kappa shape index (κ3) is 6.22. The van der Waals surface area contributed by atoms with Crippen molar-refractivity contribution in [2.45, 2.75) is 32.6 Å². The number of nitrogens with zero attached hydrogens (tertiary/aromatic N) is 3. The van der Waals surface area contributed by atoms with Crippen molar-refractivity contribution < 1.29 is 4.79 Å². The van der Waals surface area contributed by atoms with Crippen molar-refractivity contribution in [1.29, 1.82) is 0 Å². The SMILES string of the molecule is CCNC(=NCC(=O)N(C)C)NCC1(CN(C)C)CCCC1. The summed E-state index contributed by atoms with van der Waals surface area (Å²) >= 11 is 0. The van der Waals surface area contributed by atoms with Crippen LogP contribution in [0.25, 0.3) is 0 Å². The first-order chi connectivity index (χ1) is 10.4. The summed E-state index contributed by atoms with van der Waals surface area (Å²) in [5, 5.41) is 6.67. The molecular weight excluding hydrogens is 278 g/mol. The fourth-order valence-corrected chi connectivity index (χ4v) is 3.09. The minimum absolute atomic E-state index is 0.0149. The van der Waals surface area contributed by atoms with Gasteiger partial charge >= 0.3 is 0 Å². The Bertz CT molecular complexity index is 373. The second kappa shape index (κ2) is 8.98. The molecule has 1 aliphatic carbocycles. The normalized spacial score (nSPS) is 17.6. The van der Waals surface area contributed by atoms with Gasteiger partial charge in [0.1, 0.15) is 6.54 Å². The van der Waals surface area contributed by atoms with Gasteiger partial charge < -0.3 is 20.4 Å². The van der Waals surface area contributed by atoms with Gasteiger partial charge in [-0.05, 0) is 33.9 Å². The molecule has 0 heterocycles. The summed E-state index contributed by atoms with van der Waals surface area (Å²) in [7, 11) is 7.77. The van der Waals surface area contributed by atoms with Crippen LogP contribution in [-0.2, 0) is 4.79 Å². The zero-order chi connectivity index (χ0) is 16.6. The lowest BCUT2D eigenvalue weighted by atomic mass is 9.85. The fraction of sp³-hybridized carbons (Fsp3) is 0.875. The van der Waals surface area contributed by atoms with Crippen molar-refractivity contribution in [3.63, 3.8) is 0 Å².